The Kier molecular flexibility index (Phi) is 10.6. The van der Waals surface area contributed by atoms with Crippen molar-refractivity contribution in [1.82, 2.24) is 16.0 Å². The second-order valence-corrected chi connectivity index (χ2v) is 7.79. The number of hydrogen-bond acceptors (Lipinski definition) is 4. The van der Waals surface area contributed by atoms with E-state index < -0.39 is 5.41 Å². The summed E-state index contributed by atoms with van der Waals surface area (Å²) in [4.78, 5) is 19.1. The van der Waals surface area contributed by atoms with E-state index in [0.717, 1.165) is 44.2 Å². The van der Waals surface area contributed by atoms with Gasteiger partial charge in [0.2, 0.25) is 5.91 Å². The van der Waals surface area contributed by atoms with Crippen molar-refractivity contribution in [2.75, 3.05) is 45.2 Å². The first-order valence-electron chi connectivity index (χ1n) is 10.1. The van der Waals surface area contributed by atoms with Gasteiger partial charge in [-0.05, 0) is 45.7 Å². The number of benzene rings is 1. The number of anilines is 1. The highest BCUT2D eigenvalue weighted by atomic mass is 127. The van der Waals surface area contributed by atoms with Gasteiger partial charge in [-0.25, -0.2) is 0 Å². The van der Waals surface area contributed by atoms with Crippen LogP contribution in [0.15, 0.2) is 29.3 Å². The second-order valence-electron chi connectivity index (χ2n) is 7.79. The van der Waals surface area contributed by atoms with Crippen LogP contribution in [-0.2, 0) is 4.79 Å². The standard InChI is InChI=1S/C21H35N5O2.HI/c1-6-23-20(24-15-21(2,3)19(27)22-4)25-16-9-8-12-26(14-16)17-10-7-11-18(13-17)28-5;/h7,10-11,13,16H,6,8-9,12,14-15H2,1-5H3,(H,22,27)(H2,23,24,25);1H. The topological polar surface area (TPSA) is 78.0 Å². The van der Waals surface area contributed by atoms with Crippen molar-refractivity contribution in [2.45, 2.75) is 39.7 Å². The molecule has 0 bridgehead atoms. The highest BCUT2D eigenvalue weighted by Gasteiger charge is 2.27. The highest BCUT2D eigenvalue weighted by molar-refractivity contribution is 14.0. The number of carbonyl (C=O) groups is 1. The quantitative estimate of drug-likeness (QED) is 0.295. The molecule has 1 fully saturated rings. The SMILES string of the molecule is CCNC(=NCC(C)(C)C(=O)NC)NC1CCCN(c2cccc(OC)c2)C1.I. The Hall–Kier alpha value is -1.71. The zero-order valence-corrected chi connectivity index (χ0v) is 20.6. The number of guanidine groups is 1. The Labute approximate surface area is 192 Å². The monoisotopic (exact) mass is 517 g/mol. The summed E-state index contributed by atoms with van der Waals surface area (Å²) in [5.41, 5.74) is 0.629. The van der Waals surface area contributed by atoms with Crippen LogP contribution in [0.2, 0.25) is 0 Å². The number of hydrogen-bond donors (Lipinski definition) is 3. The number of methoxy groups -OCH3 is 1. The summed E-state index contributed by atoms with van der Waals surface area (Å²) in [5, 5.41) is 9.56. The van der Waals surface area contributed by atoms with Gasteiger partial charge in [-0.3, -0.25) is 9.79 Å². The average molecular weight is 517 g/mol. The molecule has 0 saturated carbocycles. The number of amides is 1. The Balaban J connectivity index is 0.00000420. The van der Waals surface area contributed by atoms with Crippen LogP contribution in [0.1, 0.15) is 33.6 Å². The first-order valence-corrected chi connectivity index (χ1v) is 10.1. The minimum Gasteiger partial charge on any atom is -0.497 e. The van der Waals surface area contributed by atoms with Gasteiger partial charge in [0.15, 0.2) is 5.96 Å². The lowest BCUT2D eigenvalue weighted by atomic mass is 9.93. The second kappa shape index (κ2) is 12.1. The van der Waals surface area contributed by atoms with Crippen LogP contribution in [0.4, 0.5) is 5.69 Å². The summed E-state index contributed by atoms with van der Waals surface area (Å²) in [6.45, 7) is 8.99. The van der Waals surface area contributed by atoms with Gasteiger partial charge >= 0.3 is 0 Å². The smallest absolute Gasteiger partial charge is 0.227 e. The van der Waals surface area contributed by atoms with Crippen molar-refractivity contribution < 1.29 is 9.53 Å². The molecule has 0 radical (unpaired) electrons. The van der Waals surface area contributed by atoms with E-state index in [1.165, 1.54) is 5.69 Å². The van der Waals surface area contributed by atoms with Gasteiger partial charge < -0.3 is 25.6 Å². The van der Waals surface area contributed by atoms with Gasteiger partial charge in [0.05, 0.1) is 19.1 Å². The fourth-order valence-corrected chi connectivity index (χ4v) is 3.34. The van der Waals surface area contributed by atoms with E-state index >= 15 is 0 Å². The molecule has 7 nitrogen and oxygen atoms in total. The molecule has 1 amide bonds. The number of rotatable bonds is 7. The molecule has 1 aliphatic rings. The molecule has 1 aromatic carbocycles. The molecule has 3 N–H and O–H groups in total. The van der Waals surface area contributed by atoms with Gasteiger partial charge in [-0.2, -0.15) is 0 Å². The first kappa shape index (κ1) is 25.3. The van der Waals surface area contributed by atoms with E-state index in [9.17, 15) is 4.79 Å². The Morgan fingerprint density at radius 3 is 2.79 bits per heavy atom. The molecule has 8 heteroatoms. The number of aliphatic imine (C=N–C) groups is 1. The molecule has 1 atom stereocenters. The largest absolute Gasteiger partial charge is 0.497 e. The number of carbonyl (C=O) groups excluding carboxylic acids is 1. The number of nitrogens with zero attached hydrogens (tertiary/aromatic N) is 2. The van der Waals surface area contributed by atoms with Crippen LogP contribution < -0.4 is 25.6 Å². The fraction of sp³-hybridized carbons (Fsp3) is 0.619. The summed E-state index contributed by atoms with van der Waals surface area (Å²) in [5.74, 6) is 1.63. The number of ether oxygens (including phenoxy) is 1. The molecule has 0 aliphatic carbocycles. The molecule has 1 heterocycles. The predicted molar refractivity (Wildman–Crippen MR) is 131 cm³/mol. The van der Waals surface area contributed by atoms with Crippen molar-refractivity contribution in [3.63, 3.8) is 0 Å². The van der Waals surface area contributed by atoms with Crippen molar-refractivity contribution >= 4 is 41.5 Å². The molecule has 29 heavy (non-hydrogen) atoms. The highest BCUT2D eigenvalue weighted by Crippen LogP contribution is 2.24. The maximum absolute atomic E-state index is 12.0. The third kappa shape index (κ3) is 7.56. The molecule has 1 aliphatic heterocycles. The zero-order valence-electron chi connectivity index (χ0n) is 18.2. The summed E-state index contributed by atoms with van der Waals surface area (Å²) < 4.78 is 5.36. The van der Waals surface area contributed by atoms with Crippen molar-refractivity contribution in [1.29, 1.82) is 0 Å². The van der Waals surface area contributed by atoms with E-state index in [0.29, 0.717) is 12.6 Å². The lowest BCUT2D eigenvalue weighted by Gasteiger charge is -2.35. The lowest BCUT2D eigenvalue weighted by Crippen LogP contribution is -2.51. The molecule has 0 spiro atoms. The Morgan fingerprint density at radius 2 is 2.14 bits per heavy atom. The molecule has 2 rings (SSSR count). The van der Waals surface area contributed by atoms with Crippen molar-refractivity contribution in [2.24, 2.45) is 10.4 Å². The maximum Gasteiger partial charge on any atom is 0.227 e. The van der Waals surface area contributed by atoms with E-state index in [4.69, 9.17) is 4.74 Å². The summed E-state index contributed by atoms with van der Waals surface area (Å²) in [7, 11) is 3.35. The first-order chi connectivity index (χ1) is 13.4. The van der Waals surface area contributed by atoms with Crippen molar-refractivity contribution in [3.8, 4) is 5.75 Å². The molecule has 164 valence electrons. The van der Waals surface area contributed by atoms with E-state index in [-0.39, 0.29) is 29.9 Å². The van der Waals surface area contributed by atoms with Gasteiger partial charge in [-0.1, -0.05) is 6.07 Å². The van der Waals surface area contributed by atoms with Crippen LogP contribution in [-0.4, -0.2) is 58.2 Å². The average Bonchev–Trinajstić information content (AvgIpc) is 2.71. The Morgan fingerprint density at radius 1 is 1.38 bits per heavy atom. The molecular formula is C21H36IN5O2. The van der Waals surface area contributed by atoms with E-state index in [1.807, 2.05) is 32.9 Å². The van der Waals surface area contributed by atoms with Crippen LogP contribution in [0.25, 0.3) is 0 Å². The molecule has 1 aromatic rings. The van der Waals surface area contributed by atoms with Crippen LogP contribution in [0.3, 0.4) is 0 Å². The zero-order chi connectivity index (χ0) is 20.6. The number of piperidine rings is 1. The number of nitrogens with one attached hydrogen (secondary N) is 3. The van der Waals surface area contributed by atoms with Gasteiger partial charge in [0, 0.05) is 44.5 Å². The normalized spacial score (nSPS) is 17.2. The molecular weight excluding hydrogens is 481 g/mol. The van der Waals surface area contributed by atoms with Crippen molar-refractivity contribution in [3.05, 3.63) is 24.3 Å². The molecule has 0 aromatic heterocycles. The van der Waals surface area contributed by atoms with Gasteiger partial charge in [0.1, 0.15) is 5.75 Å². The third-order valence-corrected chi connectivity index (χ3v) is 5.00. The van der Waals surface area contributed by atoms with Crippen LogP contribution in [0.5, 0.6) is 5.75 Å². The predicted octanol–water partition coefficient (Wildman–Crippen LogP) is 2.61. The van der Waals surface area contributed by atoms with E-state index in [2.05, 4.69) is 38.0 Å². The minimum atomic E-state index is -0.545. The molecule has 1 unspecified atom stereocenters. The third-order valence-electron chi connectivity index (χ3n) is 5.00. The van der Waals surface area contributed by atoms with E-state index in [1.54, 1.807) is 14.2 Å². The minimum absolute atomic E-state index is 0. The molecule has 1 saturated heterocycles. The maximum atomic E-state index is 12.0. The summed E-state index contributed by atoms with van der Waals surface area (Å²) in [6, 6.07) is 8.48. The summed E-state index contributed by atoms with van der Waals surface area (Å²) >= 11 is 0. The van der Waals surface area contributed by atoms with Gasteiger partial charge in [0.25, 0.3) is 0 Å². The number of halogens is 1. The van der Waals surface area contributed by atoms with Crippen LogP contribution in [0, 0.1) is 5.41 Å². The fourth-order valence-electron chi connectivity index (χ4n) is 3.34. The van der Waals surface area contributed by atoms with Gasteiger partial charge in [-0.15, -0.1) is 24.0 Å². The lowest BCUT2D eigenvalue weighted by molar-refractivity contribution is -0.128. The Bertz CT molecular complexity index is 681. The van der Waals surface area contributed by atoms with Crippen LogP contribution >= 0.6 is 24.0 Å². The summed E-state index contributed by atoms with van der Waals surface area (Å²) in [6.07, 6.45) is 2.20.